The first-order valence-corrected chi connectivity index (χ1v) is 7.92. The molecule has 0 bridgehead atoms. The Morgan fingerprint density at radius 2 is 2.05 bits per heavy atom. The van der Waals surface area contributed by atoms with Crippen LogP contribution in [0.5, 0.6) is 0 Å². The molecule has 0 amide bonds. The third-order valence-corrected chi connectivity index (χ3v) is 5.07. The van der Waals surface area contributed by atoms with Crippen LogP contribution in [0.1, 0.15) is 31.4 Å². The fourth-order valence-corrected chi connectivity index (χ4v) is 3.46. The van der Waals surface area contributed by atoms with E-state index < -0.39 is 0 Å². The maximum atomic E-state index is 8.65. The van der Waals surface area contributed by atoms with E-state index in [4.69, 9.17) is 10.9 Å². The van der Waals surface area contributed by atoms with E-state index in [0.717, 1.165) is 25.2 Å². The van der Waals surface area contributed by atoms with Crippen LogP contribution in [0.25, 0.3) is 0 Å². The molecule has 0 spiro atoms. The first-order chi connectivity index (χ1) is 9.50. The Labute approximate surface area is 125 Å². The Morgan fingerprint density at radius 1 is 1.35 bits per heavy atom. The van der Waals surface area contributed by atoms with Crippen molar-refractivity contribution in [3.8, 4) is 0 Å². The summed E-state index contributed by atoms with van der Waals surface area (Å²) in [6.45, 7) is 7.89. The molecule has 4 nitrogen and oxygen atoms in total. The summed E-state index contributed by atoms with van der Waals surface area (Å²) in [6, 6.07) is 7.91. The third-order valence-electron chi connectivity index (χ3n) is 3.69. The average Bonchev–Trinajstić information content (AvgIpc) is 2.60. The average molecular weight is 293 g/mol. The maximum Gasteiger partial charge on any atom is 0.170 e. The smallest absolute Gasteiger partial charge is 0.170 e. The second kappa shape index (κ2) is 6.50. The highest BCUT2D eigenvalue weighted by molar-refractivity contribution is 8.00. The molecule has 0 radical (unpaired) electrons. The van der Waals surface area contributed by atoms with Gasteiger partial charge in [-0.25, -0.2) is 0 Å². The standard InChI is InChI=1S/C15H23N3OS/c1-15(2)7-8-18(9-10-20-15)11-12-3-5-13(6-4-12)14(16)17-19/h3-6,19H,7-11H2,1-2H3,(H2,16,17). The molecule has 1 aromatic carbocycles. The van der Waals surface area contributed by atoms with Crippen molar-refractivity contribution in [2.75, 3.05) is 18.8 Å². The van der Waals surface area contributed by atoms with Gasteiger partial charge in [0.25, 0.3) is 0 Å². The molecule has 1 aliphatic heterocycles. The first kappa shape index (κ1) is 15.2. The van der Waals surface area contributed by atoms with E-state index >= 15 is 0 Å². The van der Waals surface area contributed by atoms with E-state index in [1.807, 2.05) is 12.1 Å². The molecule has 20 heavy (non-hydrogen) atoms. The Bertz CT molecular complexity index is 471. The van der Waals surface area contributed by atoms with Crippen molar-refractivity contribution in [3.63, 3.8) is 0 Å². The van der Waals surface area contributed by atoms with Crippen LogP contribution in [0.3, 0.4) is 0 Å². The molecule has 1 aromatic rings. The predicted octanol–water partition coefficient (Wildman–Crippen LogP) is 2.50. The SMILES string of the molecule is CC1(C)CCN(Cc2ccc(/C(N)=N/O)cc2)CCS1. The lowest BCUT2D eigenvalue weighted by molar-refractivity contribution is 0.276. The summed E-state index contributed by atoms with van der Waals surface area (Å²) in [4.78, 5) is 2.50. The molecule has 1 heterocycles. The molecule has 0 atom stereocenters. The zero-order valence-electron chi connectivity index (χ0n) is 12.2. The lowest BCUT2D eigenvalue weighted by atomic mass is 10.1. The van der Waals surface area contributed by atoms with Crippen LogP contribution in [-0.2, 0) is 6.54 Å². The zero-order valence-corrected chi connectivity index (χ0v) is 13.0. The lowest BCUT2D eigenvalue weighted by Gasteiger charge is -2.22. The lowest BCUT2D eigenvalue weighted by Crippen LogP contribution is -2.26. The minimum absolute atomic E-state index is 0.157. The minimum Gasteiger partial charge on any atom is -0.409 e. The van der Waals surface area contributed by atoms with Gasteiger partial charge in [-0.15, -0.1) is 0 Å². The number of nitrogens with zero attached hydrogens (tertiary/aromatic N) is 2. The van der Waals surface area contributed by atoms with E-state index in [9.17, 15) is 0 Å². The van der Waals surface area contributed by atoms with Crippen LogP contribution < -0.4 is 5.73 Å². The molecule has 1 saturated heterocycles. The van der Waals surface area contributed by atoms with E-state index in [0.29, 0.717) is 4.75 Å². The van der Waals surface area contributed by atoms with Crippen LogP contribution in [0, 0.1) is 0 Å². The van der Waals surface area contributed by atoms with Crippen molar-refractivity contribution in [2.24, 2.45) is 10.9 Å². The van der Waals surface area contributed by atoms with Gasteiger partial charge in [0.05, 0.1) is 0 Å². The maximum absolute atomic E-state index is 8.65. The molecule has 5 heteroatoms. The summed E-state index contributed by atoms with van der Waals surface area (Å²) in [7, 11) is 0. The van der Waals surface area contributed by atoms with Gasteiger partial charge in [-0.2, -0.15) is 11.8 Å². The van der Waals surface area contributed by atoms with E-state index in [1.165, 1.54) is 17.7 Å². The van der Waals surface area contributed by atoms with Crippen molar-refractivity contribution in [1.29, 1.82) is 0 Å². The van der Waals surface area contributed by atoms with Crippen LogP contribution >= 0.6 is 11.8 Å². The first-order valence-electron chi connectivity index (χ1n) is 6.93. The Morgan fingerprint density at radius 3 is 2.70 bits per heavy atom. The molecule has 0 saturated carbocycles. The monoisotopic (exact) mass is 293 g/mol. The molecular weight excluding hydrogens is 270 g/mol. The van der Waals surface area contributed by atoms with E-state index in [-0.39, 0.29) is 5.84 Å². The van der Waals surface area contributed by atoms with E-state index in [1.54, 1.807) is 0 Å². The van der Waals surface area contributed by atoms with Crippen molar-refractivity contribution < 1.29 is 5.21 Å². The number of oxime groups is 1. The molecule has 1 aliphatic rings. The normalized spacial score (nSPS) is 20.6. The number of nitrogens with two attached hydrogens (primary N) is 1. The second-order valence-electron chi connectivity index (χ2n) is 5.82. The topological polar surface area (TPSA) is 61.8 Å². The van der Waals surface area contributed by atoms with E-state index in [2.05, 4.69) is 47.8 Å². The number of thioether (sulfide) groups is 1. The molecular formula is C15H23N3OS. The second-order valence-corrected chi connectivity index (χ2v) is 7.62. The summed E-state index contributed by atoms with van der Waals surface area (Å²) < 4.78 is 0.394. The van der Waals surface area contributed by atoms with Crippen LogP contribution in [-0.4, -0.2) is 39.5 Å². The van der Waals surface area contributed by atoms with Crippen LogP contribution in [0.2, 0.25) is 0 Å². The highest BCUT2D eigenvalue weighted by Crippen LogP contribution is 2.31. The fraction of sp³-hybridized carbons (Fsp3) is 0.533. The minimum atomic E-state index is 0.157. The number of hydrogen-bond acceptors (Lipinski definition) is 4. The van der Waals surface area contributed by atoms with Gasteiger partial charge < -0.3 is 10.9 Å². The Hall–Kier alpha value is -1.20. The zero-order chi connectivity index (χ0) is 14.6. The molecule has 1 fully saturated rings. The van der Waals surface area contributed by atoms with Crippen LogP contribution in [0.4, 0.5) is 0 Å². The van der Waals surface area contributed by atoms with Gasteiger partial charge >= 0.3 is 0 Å². The molecule has 2 rings (SSSR count). The van der Waals surface area contributed by atoms with Crippen molar-refractivity contribution in [2.45, 2.75) is 31.6 Å². The highest BCUT2D eigenvalue weighted by Gasteiger charge is 2.23. The van der Waals surface area contributed by atoms with Gasteiger partial charge in [0, 0.05) is 29.2 Å². The molecule has 0 unspecified atom stereocenters. The van der Waals surface area contributed by atoms with Gasteiger partial charge in [-0.05, 0) is 18.5 Å². The molecule has 0 aromatic heterocycles. The molecule has 0 aliphatic carbocycles. The van der Waals surface area contributed by atoms with Gasteiger partial charge in [0.1, 0.15) is 0 Å². The number of benzene rings is 1. The third kappa shape index (κ3) is 4.15. The van der Waals surface area contributed by atoms with Crippen molar-refractivity contribution in [1.82, 2.24) is 4.90 Å². The number of hydrogen-bond donors (Lipinski definition) is 2. The number of amidine groups is 1. The van der Waals surface area contributed by atoms with Crippen molar-refractivity contribution >= 4 is 17.6 Å². The Balaban J connectivity index is 1.96. The highest BCUT2D eigenvalue weighted by atomic mass is 32.2. The summed E-state index contributed by atoms with van der Waals surface area (Å²) in [5.41, 5.74) is 7.59. The van der Waals surface area contributed by atoms with Crippen LogP contribution in [0.15, 0.2) is 29.4 Å². The largest absolute Gasteiger partial charge is 0.409 e. The summed E-state index contributed by atoms with van der Waals surface area (Å²) >= 11 is 2.06. The van der Waals surface area contributed by atoms with Crippen molar-refractivity contribution in [3.05, 3.63) is 35.4 Å². The van der Waals surface area contributed by atoms with Gasteiger partial charge in [-0.1, -0.05) is 43.3 Å². The summed E-state index contributed by atoms with van der Waals surface area (Å²) in [5, 5.41) is 11.7. The van der Waals surface area contributed by atoms with Gasteiger partial charge in [0.15, 0.2) is 5.84 Å². The summed E-state index contributed by atoms with van der Waals surface area (Å²) in [6.07, 6.45) is 1.22. The summed E-state index contributed by atoms with van der Waals surface area (Å²) in [5.74, 6) is 1.35. The molecule has 110 valence electrons. The van der Waals surface area contributed by atoms with Gasteiger partial charge in [0.2, 0.25) is 0 Å². The quantitative estimate of drug-likeness (QED) is 0.389. The van der Waals surface area contributed by atoms with Gasteiger partial charge in [-0.3, -0.25) is 4.90 Å². The molecule has 3 N–H and O–H groups in total. The predicted molar refractivity (Wildman–Crippen MR) is 85.4 cm³/mol. The number of rotatable bonds is 3. The fourth-order valence-electron chi connectivity index (χ4n) is 2.32. The Kier molecular flexibility index (Phi) is 4.94.